The van der Waals surface area contributed by atoms with Gasteiger partial charge in [-0.2, -0.15) is 0 Å². The fraction of sp³-hybridized carbons (Fsp3) is 0.954. The zero-order valence-electron chi connectivity index (χ0n) is 55.9. The first kappa shape index (κ1) is 76.1. The van der Waals surface area contributed by atoms with E-state index in [9.17, 15) is 102 Å². The molecule has 0 aromatic carbocycles. The van der Waals surface area contributed by atoms with Crippen LogP contribution in [0, 0.1) is 50.2 Å². The van der Waals surface area contributed by atoms with Crippen LogP contribution >= 0.6 is 0 Å². The Labute approximate surface area is 561 Å². The van der Waals surface area contributed by atoms with Gasteiger partial charge in [0.05, 0.1) is 51.3 Å². The fourth-order valence-corrected chi connectivity index (χ4v) is 19.2. The van der Waals surface area contributed by atoms with E-state index in [4.69, 9.17) is 56.8 Å². The molecule has 10 fully saturated rings. The van der Waals surface area contributed by atoms with E-state index >= 15 is 0 Å². The number of carboxylic acids is 1. The number of rotatable bonds is 17. The van der Waals surface area contributed by atoms with E-state index in [0.717, 1.165) is 0 Å². The number of aliphatic carboxylic acids is 1. The lowest BCUT2D eigenvalue weighted by Gasteiger charge is -2.72. The lowest BCUT2D eigenvalue weighted by molar-refractivity contribution is -0.406. The molecule has 19 N–H and O–H groups in total. The van der Waals surface area contributed by atoms with Crippen LogP contribution in [-0.4, -0.2) is 326 Å². The second-order valence-electron chi connectivity index (χ2n) is 31.7. The van der Waals surface area contributed by atoms with E-state index in [1.54, 1.807) is 0 Å². The maximum absolute atomic E-state index is 13.3. The Balaban J connectivity index is 0.882. The minimum absolute atomic E-state index is 0.00871. The molecule has 0 amide bonds. The van der Waals surface area contributed by atoms with Crippen LogP contribution in [0.5, 0.6) is 0 Å². The third kappa shape index (κ3) is 13.2. The predicted molar refractivity (Wildman–Crippen MR) is 322 cm³/mol. The lowest BCUT2D eigenvalue weighted by atomic mass is 9.33. The number of fused-ring (bicyclic) bond motifs is 7. The smallest absolute Gasteiger partial charge is 0.335 e. The first-order chi connectivity index (χ1) is 45.4. The standard InChI is InChI=1S/C65H106O32/c1-24-35(71)40(76)45(81)55(88-24)96-51-43(79)39(75)30(21-68)91-58(51)93-48-47(83)49(53(84)85)94-59(52(48)97-56-46(82)41(77)37(73)28(19-66)89-56)92-34-12-13-62(6)31(61(34,4)5)11-14-63(7)32(62)10-9-25-26-17-60(2,3)15-16-65(26,33(70)18-64(25,63)8)23-87-57-50(42(78)38(74)29(20-67)90-57)95-54-44(80)36(72)27(69)22-86-54/h9,24,26-52,54-59,66-83H,10-23H2,1-8H3,(H,84,85). The molecule has 558 valence electrons. The molecule has 6 aliphatic heterocycles. The molecule has 97 heavy (non-hydrogen) atoms. The number of aliphatic hydroxyl groups excluding tert-OH is 18. The summed E-state index contributed by atoms with van der Waals surface area (Å²) in [7, 11) is 0. The average Bonchev–Trinajstić information content (AvgIpc) is 0.673. The SMILES string of the molecule is CC1OC(OC2C(OC3C(O)C(C(=O)O)OC(OC4CCC5(C)C(CCC6(C)C5CC=C5C7CC(C)(C)CCC7(COC7OC(CO)C(O)C(O)C7OC7OCC(O)C(O)C7O)C(O)CC56C)C4(C)C)C3OC3OC(CO)C(O)C(O)C3O)OC(CO)C(O)C2O)C(O)C(O)C1O. The van der Waals surface area contributed by atoms with Gasteiger partial charge in [-0.05, 0) is 110 Å². The lowest BCUT2D eigenvalue weighted by Crippen LogP contribution is -2.69. The first-order valence-electron chi connectivity index (χ1n) is 34.2. The second-order valence-corrected chi connectivity index (χ2v) is 31.7. The molecule has 0 aromatic rings. The Bertz CT molecular complexity index is 2730. The van der Waals surface area contributed by atoms with Gasteiger partial charge < -0.3 is 154 Å². The number of allylic oxidation sites excluding steroid dienone is 2. The minimum atomic E-state index is -2.30. The molecule has 5 aliphatic carbocycles. The molecule has 11 aliphatic rings. The van der Waals surface area contributed by atoms with Gasteiger partial charge in [0, 0.05) is 5.41 Å². The number of hydrogen-bond donors (Lipinski definition) is 19. The predicted octanol–water partition coefficient (Wildman–Crippen LogP) is -5.18. The van der Waals surface area contributed by atoms with Crippen molar-refractivity contribution in [1.82, 2.24) is 0 Å². The van der Waals surface area contributed by atoms with Crippen molar-refractivity contribution >= 4 is 5.97 Å². The normalized spacial score (nSPS) is 54.5. The summed E-state index contributed by atoms with van der Waals surface area (Å²) in [6.45, 7) is 13.5. The van der Waals surface area contributed by atoms with E-state index in [0.29, 0.717) is 57.8 Å². The molecular formula is C65H106O32. The molecule has 38 unspecified atom stereocenters. The van der Waals surface area contributed by atoms with Gasteiger partial charge in [-0.3, -0.25) is 0 Å². The largest absolute Gasteiger partial charge is 0.479 e. The van der Waals surface area contributed by atoms with Crippen LogP contribution in [0.4, 0.5) is 0 Å². The molecule has 0 bridgehead atoms. The van der Waals surface area contributed by atoms with Gasteiger partial charge in [0.25, 0.3) is 0 Å². The summed E-state index contributed by atoms with van der Waals surface area (Å²) < 4.78 is 73.6. The molecule has 6 saturated heterocycles. The molecule has 4 saturated carbocycles. The maximum Gasteiger partial charge on any atom is 0.335 e. The Morgan fingerprint density at radius 1 is 0.505 bits per heavy atom. The van der Waals surface area contributed by atoms with Crippen molar-refractivity contribution in [2.45, 2.75) is 304 Å². The van der Waals surface area contributed by atoms with Gasteiger partial charge in [0.2, 0.25) is 0 Å². The molecule has 0 spiro atoms. The van der Waals surface area contributed by atoms with Crippen LogP contribution in [-0.2, 0) is 61.6 Å². The van der Waals surface area contributed by atoms with Gasteiger partial charge in [0.1, 0.15) is 128 Å². The summed E-state index contributed by atoms with van der Waals surface area (Å²) in [6.07, 6.45) is -47.0. The van der Waals surface area contributed by atoms with Crippen molar-refractivity contribution in [3.05, 3.63) is 11.6 Å². The van der Waals surface area contributed by atoms with E-state index in [2.05, 4.69) is 40.7 Å². The van der Waals surface area contributed by atoms with Crippen LogP contribution < -0.4 is 0 Å². The monoisotopic (exact) mass is 1400 g/mol. The van der Waals surface area contributed by atoms with Gasteiger partial charge in [0.15, 0.2) is 43.8 Å². The van der Waals surface area contributed by atoms with Crippen molar-refractivity contribution in [3.63, 3.8) is 0 Å². The third-order valence-corrected chi connectivity index (χ3v) is 25.3. The molecular weight excluding hydrogens is 1290 g/mol. The first-order valence-corrected chi connectivity index (χ1v) is 34.2. The fourth-order valence-electron chi connectivity index (χ4n) is 19.2. The summed E-state index contributed by atoms with van der Waals surface area (Å²) in [5, 5.41) is 209. The maximum atomic E-state index is 13.3. The highest BCUT2D eigenvalue weighted by molar-refractivity contribution is 5.73. The quantitative estimate of drug-likeness (QED) is 0.0478. The number of hydrogen-bond acceptors (Lipinski definition) is 31. The Morgan fingerprint density at radius 3 is 1.65 bits per heavy atom. The van der Waals surface area contributed by atoms with E-state index in [1.807, 2.05) is 13.8 Å². The molecule has 6 heterocycles. The molecule has 32 nitrogen and oxygen atoms in total. The van der Waals surface area contributed by atoms with Crippen LogP contribution in [0.25, 0.3) is 0 Å². The Hall–Kier alpha value is -1.99. The number of aliphatic hydroxyl groups is 18. The zero-order valence-corrected chi connectivity index (χ0v) is 55.9. The molecule has 38 atom stereocenters. The summed E-state index contributed by atoms with van der Waals surface area (Å²) in [6, 6.07) is 0. The Morgan fingerprint density at radius 2 is 1.03 bits per heavy atom. The average molecular weight is 1400 g/mol. The van der Waals surface area contributed by atoms with Gasteiger partial charge >= 0.3 is 5.97 Å². The highest BCUT2D eigenvalue weighted by Crippen LogP contribution is 2.76. The topological polar surface area (TPSA) is 512 Å². The van der Waals surface area contributed by atoms with Crippen molar-refractivity contribution in [2.24, 2.45) is 50.2 Å². The van der Waals surface area contributed by atoms with Gasteiger partial charge in [-0.25, -0.2) is 4.79 Å². The minimum Gasteiger partial charge on any atom is -0.479 e. The number of carbonyl (C=O) groups is 1. The molecule has 32 heteroatoms. The molecule has 0 radical (unpaired) electrons. The molecule has 11 rings (SSSR count). The van der Waals surface area contributed by atoms with Crippen LogP contribution in [0.2, 0.25) is 0 Å². The second kappa shape index (κ2) is 28.5. The van der Waals surface area contributed by atoms with Crippen LogP contribution in [0.1, 0.15) is 113 Å². The van der Waals surface area contributed by atoms with Crippen LogP contribution in [0.15, 0.2) is 11.6 Å². The van der Waals surface area contributed by atoms with E-state index in [1.165, 1.54) is 12.5 Å². The van der Waals surface area contributed by atoms with Crippen LogP contribution in [0.3, 0.4) is 0 Å². The highest BCUT2D eigenvalue weighted by Gasteiger charge is 2.71. The highest BCUT2D eigenvalue weighted by atomic mass is 16.8. The van der Waals surface area contributed by atoms with Gasteiger partial charge in [-0.15, -0.1) is 0 Å². The molecule has 0 aromatic heterocycles. The van der Waals surface area contributed by atoms with Gasteiger partial charge in [-0.1, -0.05) is 60.1 Å². The summed E-state index contributed by atoms with van der Waals surface area (Å²) in [4.78, 5) is 13.3. The van der Waals surface area contributed by atoms with Crippen molar-refractivity contribution in [2.75, 3.05) is 33.0 Å². The third-order valence-electron chi connectivity index (χ3n) is 25.3. The summed E-state index contributed by atoms with van der Waals surface area (Å²) in [5.41, 5.74) is -2.26. The number of carboxylic acid groups (broad SMARTS) is 1. The summed E-state index contributed by atoms with van der Waals surface area (Å²) in [5.74, 6) is -2.13. The van der Waals surface area contributed by atoms with E-state index in [-0.39, 0.29) is 29.8 Å². The Kier molecular flexibility index (Phi) is 22.4. The summed E-state index contributed by atoms with van der Waals surface area (Å²) >= 11 is 0. The zero-order chi connectivity index (χ0) is 70.9. The number of ether oxygens (including phenoxy) is 12. The van der Waals surface area contributed by atoms with Crippen molar-refractivity contribution in [1.29, 1.82) is 0 Å². The van der Waals surface area contributed by atoms with Crippen molar-refractivity contribution in [3.8, 4) is 0 Å². The van der Waals surface area contributed by atoms with Crippen molar-refractivity contribution < 1.29 is 159 Å². The van der Waals surface area contributed by atoms with E-state index < -0.39 is 250 Å².